The van der Waals surface area contributed by atoms with Crippen molar-refractivity contribution in [1.82, 2.24) is 0 Å². The molecule has 0 spiro atoms. The van der Waals surface area contributed by atoms with Gasteiger partial charge < -0.3 is 10.2 Å². The summed E-state index contributed by atoms with van der Waals surface area (Å²) in [5.41, 5.74) is -0.530. The topological polar surface area (TPSA) is 83.6 Å². The molecular weight excluding hydrogens is 186 g/mol. The summed E-state index contributed by atoms with van der Waals surface area (Å²) < 4.78 is 0. The molecule has 0 unspecified atom stereocenters. The number of halogens is 1. The minimum Gasteiger partial charge on any atom is -0.506 e. The van der Waals surface area contributed by atoms with Crippen molar-refractivity contribution >= 4 is 17.3 Å². The van der Waals surface area contributed by atoms with Crippen LogP contribution in [0.1, 0.15) is 0 Å². The summed E-state index contributed by atoms with van der Waals surface area (Å²) in [5.74, 6) is -0.998. The van der Waals surface area contributed by atoms with Crippen LogP contribution < -0.4 is 0 Å². The van der Waals surface area contributed by atoms with Gasteiger partial charge in [-0.25, -0.2) is 0 Å². The first-order chi connectivity index (χ1) is 5.52. The van der Waals surface area contributed by atoms with Gasteiger partial charge >= 0.3 is 5.69 Å². The predicted octanol–water partition coefficient (Wildman–Crippen LogP) is 1.66. The summed E-state index contributed by atoms with van der Waals surface area (Å²) in [7, 11) is 0. The molecule has 0 radical (unpaired) electrons. The Balaban J connectivity index is 3.33. The van der Waals surface area contributed by atoms with E-state index in [4.69, 9.17) is 21.8 Å². The number of benzene rings is 1. The molecule has 1 rings (SSSR count). The second-order valence-electron chi connectivity index (χ2n) is 2.05. The molecule has 0 fully saturated rings. The van der Waals surface area contributed by atoms with E-state index in [0.29, 0.717) is 0 Å². The molecule has 0 aliphatic carbocycles. The molecule has 0 aliphatic heterocycles. The molecule has 5 nitrogen and oxygen atoms in total. The SMILES string of the molecule is O=[N+]([O-])c1cc(Cl)c(O)cc1O. The second kappa shape index (κ2) is 2.86. The van der Waals surface area contributed by atoms with Gasteiger partial charge in [-0.2, -0.15) is 0 Å². The van der Waals surface area contributed by atoms with Crippen molar-refractivity contribution in [3.8, 4) is 11.5 Å². The lowest BCUT2D eigenvalue weighted by molar-refractivity contribution is -0.385. The first kappa shape index (κ1) is 8.61. The van der Waals surface area contributed by atoms with E-state index in [-0.39, 0.29) is 10.8 Å². The first-order valence-corrected chi connectivity index (χ1v) is 3.26. The largest absolute Gasteiger partial charge is 0.506 e. The molecule has 0 aromatic heterocycles. The summed E-state index contributed by atoms with van der Waals surface area (Å²) in [6.07, 6.45) is 0. The van der Waals surface area contributed by atoms with Gasteiger partial charge in [-0.1, -0.05) is 11.6 Å². The summed E-state index contributed by atoms with van der Waals surface area (Å²) in [6.45, 7) is 0. The first-order valence-electron chi connectivity index (χ1n) is 2.88. The van der Waals surface area contributed by atoms with E-state index in [2.05, 4.69) is 0 Å². The van der Waals surface area contributed by atoms with Gasteiger partial charge in [-0.05, 0) is 0 Å². The molecule has 64 valence electrons. The molecule has 0 saturated carbocycles. The van der Waals surface area contributed by atoms with Crippen LogP contribution in [0.15, 0.2) is 12.1 Å². The molecule has 0 bridgehead atoms. The lowest BCUT2D eigenvalue weighted by Gasteiger charge is -1.98. The molecule has 6 heteroatoms. The van der Waals surface area contributed by atoms with Crippen LogP contribution in [0.25, 0.3) is 0 Å². The van der Waals surface area contributed by atoms with E-state index in [9.17, 15) is 10.1 Å². The van der Waals surface area contributed by atoms with Gasteiger partial charge in [0, 0.05) is 12.1 Å². The average molecular weight is 190 g/mol. The third-order valence-corrected chi connectivity index (χ3v) is 1.54. The Morgan fingerprint density at radius 3 is 2.42 bits per heavy atom. The van der Waals surface area contributed by atoms with E-state index in [0.717, 1.165) is 12.1 Å². The molecule has 0 aliphatic rings. The summed E-state index contributed by atoms with van der Waals surface area (Å²) >= 11 is 5.36. The molecular formula is C6H4ClNO4. The average Bonchev–Trinajstić information content (AvgIpc) is 1.96. The van der Waals surface area contributed by atoms with Crippen LogP contribution >= 0.6 is 11.6 Å². The van der Waals surface area contributed by atoms with Gasteiger partial charge in [0.05, 0.1) is 9.95 Å². The third-order valence-electron chi connectivity index (χ3n) is 1.24. The minimum absolute atomic E-state index is 0.167. The highest BCUT2D eigenvalue weighted by Crippen LogP contribution is 2.35. The Bertz CT molecular complexity index is 339. The standard InChI is InChI=1S/C6H4ClNO4/c7-3-1-4(8(11)12)6(10)2-5(3)9/h1-2,9-10H. The van der Waals surface area contributed by atoms with E-state index < -0.39 is 16.4 Å². The number of nitrogens with zero attached hydrogens (tertiary/aromatic N) is 1. The zero-order valence-corrected chi connectivity index (χ0v) is 6.45. The van der Waals surface area contributed by atoms with Gasteiger partial charge in [0.15, 0.2) is 5.75 Å². The minimum atomic E-state index is -0.791. The molecule has 0 amide bonds. The number of aromatic hydroxyl groups is 2. The lowest BCUT2D eigenvalue weighted by atomic mass is 10.3. The zero-order valence-electron chi connectivity index (χ0n) is 5.69. The van der Waals surface area contributed by atoms with Crippen molar-refractivity contribution in [2.24, 2.45) is 0 Å². The van der Waals surface area contributed by atoms with Crippen molar-refractivity contribution in [2.75, 3.05) is 0 Å². The van der Waals surface area contributed by atoms with Gasteiger partial charge in [0.25, 0.3) is 0 Å². The smallest absolute Gasteiger partial charge is 0.312 e. The Kier molecular flexibility index (Phi) is 2.05. The Labute approximate surface area is 72.0 Å². The number of rotatable bonds is 1. The number of phenols is 2. The second-order valence-corrected chi connectivity index (χ2v) is 2.46. The van der Waals surface area contributed by atoms with Crippen LogP contribution in [-0.4, -0.2) is 15.1 Å². The predicted molar refractivity (Wildman–Crippen MR) is 41.4 cm³/mol. The summed E-state index contributed by atoms with van der Waals surface area (Å²) in [5, 5.41) is 27.8. The number of hydrogen-bond donors (Lipinski definition) is 2. The molecule has 0 heterocycles. The quantitative estimate of drug-likeness (QED) is 0.520. The van der Waals surface area contributed by atoms with Crippen molar-refractivity contribution in [3.63, 3.8) is 0 Å². The fourth-order valence-electron chi connectivity index (χ4n) is 0.687. The number of nitro benzene ring substituents is 1. The fourth-order valence-corrected chi connectivity index (χ4v) is 0.844. The Morgan fingerprint density at radius 2 is 1.92 bits per heavy atom. The fraction of sp³-hybridized carbons (Fsp3) is 0. The molecule has 1 aromatic rings. The van der Waals surface area contributed by atoms with E-state index in [1.54, 1.807) is 0 Å². The molecule has 2 N–H and O–H groups in total. The van der Waals surface area contributed by atoms with Crippen LogP contribution in [-0.2, 0) is 0 Å². The van der Waals surface area contributed by atoms with Crippen molar-refractivity contribution < 1.29 is 15.1 Å². The highest BCUT2D eigenvalue weighted by molar-refractivity contribution is 6.32. The van der Waals surface area contributed by atoms with Gasteiger partial charge in [-0.3, -0.25) is 10.1 Å². The van der Waals surface area contributed by atoms with Crippen LogP contribution in [0.2, 0.25) is 5.02 Å². The molecule has 12 heavy (non-hydrogen) atoms. The van der Waals surface area contributed by atoms with E-state index in [1.165, 1.54) is 0 Å². The lowest BCUT2D eigenvalue weighted by Crippen LogP contribution is -1.88. The maximum absolute atomic E-state index is 10.2. The van der Waals surface area contributed by atoms with Gasteiger partial charge in [0.1, 0.15) is 5.75 Å². The Hall–Kier alpha value is -1.49. The van der Waals surface area contributed by atoms with Crippen molar-refractivity contribution in [2.45, 2.75) is 0 Å². The third kappa shape index (κ3) is 1.40. The monoisotopic (exact) mass is 189 g/mol. The maximum atomic E-state index is 10.2. The highest BCUT2D eigenvalue weighted by Gasteiger charge is 2.15. The van der Waals surface area contributed by atoms with Crippen molar-refractivity contribution in [1.29, 1.82) is 0 Å². The van der Waals surface area contributed by atoms with Crippen LogP contribution in [0.5, 0.6) is 11.5 Å². The van der Waals surface area contributed by atoms with E-state index in [1.807, 2.05) is 0 Å². The number of phenolic OH excluding ortho intramolecular Hbond substituents is 2. The van der Waals surface area contributed by atoms with Crippen LogP contribution in [0, 0.1) is 10.1 Å². The maximum Gasteiger partial charge on any atom is 0.312 e. The number of nitro groups is 1. The molecule has 1 aromatic carbocycles. The van der Waals surface area contributed by atoms with Gasteiger partial charge in [0.2, 0.25) is 0 Å². The summed E-state index contributed by atoms with van der Waals surface area (Å²) in [6, 6.07) is 1.70. The van der Waals surface area contributed by atoms with Gasteiger partial charge in [-0.15, -0.1) is 0 Å². The highest BCUT2D eigenvalue weighted by atomic mass is 35.5. The van der Waals surface area contributed by atoms with E-state index >= 15 is 0 Å². The normalized spacial score (nSPS) is 9.75. The zero-order chi connectivity index (χ0) is 9.30. The Morgan fingerprint density at radius 1 is 1.33 bits per heavy atom. The number of hydrogen-bond acceptors (Lipinski definition) is 4. The summed E-state index contributed by atoms with van der Waals surface area (Å²) in [4.78, 5) is 9.40. The van der Waals surface area contributed by atoms with Crippen LogP contribution in [0.4, 0.5) is 5.69 Å². The molecule has 0 saturated heterocycles. The van der Waals surface area contributed by atoms with Crippen molar-refractivity contribution in [3.05, 3.63) is 27.3 Å². The van der Waals surface area contributed by atoms with Crippen LogP contribution in [0.3, 0.4) is 0 Å². The molecule has 0 atom stereocenters.